The molecule has 0 aromatic rings. The summed E-state index contributed by atoms with van der Waals surface area (Å²) in [5.41, 5.74) is 0. The zero-order valence-electron chi connectivity index (χ0n) is 25.7. The van der Waals surface area contributed by atoms with E-state index in [9.17, 15) is 15.0 Å². The number of allylic oxidation sites excluding steroid dienone is 2. The van der Waals surface area contributed by atoms with Crippen LogP contribution < -0.4 is 5.32 Å². The molecule has 0 saturated carbocycles. The molecule has 1 amide bonds. The van der Waals surface area contributed by atoms with Gasteiger partial charge in [0.05, 0.1) is 18.8 Å². The third kappa shape index (κ3) is 26.7. The number of aliphatic hydroxyl groups is 2. The van der Waals surface area contributed by atoms with Crippen molar-refractivity contribution in [1.29, 1.82) is 0 Å². The van der Waals surface area contributed by atoms with Crippen LogP contribution in [0.5, 0.6) is 0 Å². The lowest BCUT2D eigenvalue weighted by Crippen LogP contribution is -2.45. The van der Waals surface area contributed by atoms with Gasteiger partial charge in [0.2, 0.25) is 5.91 Å². The standard InChI is InChI=1S/C34H67NO3/c1-3-5-7-9-11-13-15-17-19-21-23-25-27-29-33(37)32(31-36)35-34(38)30-28-26-24-22-20-18-16-14-12-10-8-6-4-2/h21,23,32-33,36-37H,3-20,22,24-31H2,1-2H3,(H,35,38)/b23-21+/t32-,33+/m0/s1. The van der Waals surface area contributed by atoms with E-state index >= 15 is 0 Å². The number of unbranched alkanes of at least 4 members (excludes halogenated alkanes) is 21. The van der Waals surface area contributed by atoms with Crippen molar-refractivity contribution in [2.24, 2.45) is 0 Å². The smallest absolute Gasteiger partial charge is 0.220 e. The minimum atomic E-state index is -0.684. The Bertz CT molecular complexity index is 508. The second-order valence-electron chi connectivity index (χ2n) is 11.6. The molecule has 0 aliphatic rings. The van der Waals surface area contributed by atoms with Crippen LogP contribution in [-0.4, -0.2) is 34.9 Å². The molecule has 0 unspecified atom stereocenters. The van der Waals surface area contributed by atoms with E-state index in [0.29, 0.717) is 12.8 Å². The van der Waals surface area contributed by atoms with E-state index in [4.69, 9.17) is 0 Å². The van der Waals surface area contributed by atoms with E-state index in [0.717, 1.165) is 32.1 Å². The number of hydrogen-bond donors (Lipinski definition) is 3. The summed E-state index contributed by atoms with van der Waals surface area (Å²) in [6.45, 7) is 4.32. The Labute approximate surface area is 237 Å². The van der Waals surface area contributed by atoms with Crippen LogP contribution in [0.2, 0.25) is 0 Å². The summed E-state index contributed by atoms with van der Waals surface area (Å²) in [5, 5.41) is 22.9. The molecule has 38 heavy (non-hydrogen) atoms. The van der Waals surface area contributed by atoms with Gasteiger partial charge in [-0.05, 0) is 38.5 Å². The van der Waals surface area contributed by atoms with E-state index < -0.39 is 12.1 Å². The summed E-state index contributed by atoms with van der Waals surface area (Å²) in [7, 11) is 0. The molecule has 0 saturated heterocycles. The maximum absolute atomic E-state index is 12.3. The Kier molecular flexibility index (Phi) is 30.0. The van der Waals surface area contributed by atoms with Gasteiger partial charge in [0.15, 0.2) is 0 Å². The zero-order valence-corrected chi connectivity index (χ0v) is 25.7. The first-order valence-electron chi connectivity index (χ1n) is 16.9. The predicted molar refractivity (Wildman–Crippen MR) is 166 cm³/mol. The highest BCUT2D eigenvalue weighted by Crippen LogP contribution is 2.14. The molecule has 0 aliphatic carbocycles. The molecule has 4 heteroatoms. The van der Waals surface area contributed by atoms with E-state index in [1.807, 2.05) is 0 Å². The first-order chi connectivity index (χ1) is 18.7. The SMILES string of the molecule is CCCCCCCCCC/C=C/CCC[C@@H](O)[C@H](CO)NC(=O)CCCCCCCCCCCCCCC. The average Bonchev–Trinajstić information content (AvgIpc) is 2.92. The van der Waals surface area contributed by atoms with Crippen LogP contribution in [0.4, 0.5) is 0 Å². The van der Waals surface area contributed by atoms with Crippen molar-refractivity contribution < 1.29 is 15.0 Å². The van der Waals surface area contributed by atoms with Gasteiger partial charge in [0.25, 0.3) is 0 Å². The van der Waals surface area contributed by atoms with Crippen LogP contribution in [0.1, 0.15) is 181 Å². The Morgan fingerprint density at radius 2 is 1.00 bits per heavy atom. The number of hydrogen-bond acceptors (Lipinski definition) is 3. The van der Waals surface area contributed by atoms with Crippen molar-refractivity contribution >= 4 is 5.91 Å². The molecule has 0 spiro atoms. The first-order valence-corrected chi connectivity index (χ1v) is 16.9. The first kappa shape index (κ1) is 37.1. The number of amides is 1. The number of rotatable bonds is 30. The molecule has 3 N–H and O–H groups in total. The monoisotopic (exact) mass is 538 g/mol. The van der Waals surface area contributed by atoms with E-state index in [1.165, 1.54) is 122 Å². The van der Waals surface area contributed by atoms with Crippen LogP contribution in [0, 0.1) is 0 Å². The van der Waals surface area contributed by atoms with Crippen LogP contribution in [0.25, 0.3) is 0 Å². The van der Waals surface area contributed by atoms with Crippen molar-refractivity contribution in [1.82, 2.24) is 5.32 Å². The second-order valence-corrected chi connectivity index (χ2v) is 11.6. The summed E-state index contributed by atoms with van der Waals surface area (Å²) < 4.78 is 0. The van der Waals surface area contributed by atoms with Gasteiger partial charge in [-0.15, -0.1) is 0 Å². The van der Waals surface area contributed by atoms with E-state index in [1.54, 1.807) is 0 Å². The molecular weight excluding hydrogens is 470 g/mol. The van der Waals surface area contributed by atoms with Crippen molar-refractivity contribution in [2.75, 3.05) is 6.61 Å². The van der Waals surface area contributed by atoms with Gasteiger partial charge in [-0.1, -0.05) is 148 Å². The van der Waals surface area contributed by atoms with Crippen molar-refractivity contribution in [2.45, 2.75) is 193 Å². The van der Waals surface area contributed by atoms with Crippen LogP contribution in [0.3, 0.4) is 0 Å². The topological polar surface area (TPSA) is 69.6 Å². The number of carbonyl (C=O) groups excluding carboxylic acids is 1. The van der Waals surface area contributed by atoms with Gasteiger partial charge < -0.3 is 15.5 Å². The summed E-state index contributed by atoms with van der Waals surface area (Å²) in [5.74, 6) is -0.0450. The largest absolute Gasteiger partial charge is 0.394 e. The number of carbonyl (C=O) groups is 1. The van der Waals surface area contributed by atoms with Crippen LogP contribution >= 0.6 is 0 Å². The fourth-order valence-corrected chi connectivity index (χ4v) is 5.12. The van der Waals surface area contributed by atoms with Gasteiger partial charge >= 0.3 is 0 Å². The highest BCUT2D eigenvalue weighted by Gasteiger charge is 2.19. The molecule has 4 nitrogen and oxygen atoms in total. The summed E-state index contributed by atoms with van der Waals surface area (Å²) in [4.78, 5) is 12.3. The van der Waals surface area contributed by atoms with Gasteiger partial charge in [-0.3, -0.25) is 4.79 Å². The van der Waals surface area contributed by atoms with Gasteiger partial charge in [-0.2, -0.15) is 0 Å². The quantitative estimate of drug-likeness (QED) is 0.0631. The predicted octanol–water partition coefficient (Wildman–Crippen LogP) is 9.56. The highest BCUT2D eigenvalue weighted by molar-refractivity contribution is 5.76. The molecule has 0 rings (SSSR count). The Morgan fingerprint density at radius 3 is 1.45 bits per heavy atom. The van der Waals surface area contributed by atoms with Gasteiger partial charge in [0, 0.05) is 6.42 Å². The molecule has 226 valence electrons. The molecule has 0 fully saturated rings. The third-order valence-corrected chi connectivity index (χ3v) is 7.78. The van der Waals surface area contributed by atoms with Gasteiger partial charge in [-0.25, -0.2) is 0 Å². The van der Waals surface area contributed by atoms with Crippen LogP contribution in [-0.2, 0) is 4.79 Å². The molecule has 0 aromatic carbocycles. The second kappa shape index (κ2) is 30.7. The molecule has 2 atom stereocenters. The van der Waals surface area contributed by atoms with E-state index in [2.05, 4.69) is 31.3 Å². The molecule has 0 bridgehead atoms. The maximum Gasteiger partial charge on any atom is 0.220 e. The average molecular weight is 538 g/mol. The lowest BCUT2D eigenvalue weighted by Gasteiger charge is -2.22. The fraction of sp³-hybridized carbons (Fsp3) is 0.912. The van der Waals surface area contributed by atoms with Crippen molar-refractivity contribution in [3.8, 4) is 0 Å². The minimum absolute atomic E-state index is 0.0450. The highest BCUT2D eigenvalue weighted by atomic mass is 16.3. The van der Waals surface area contributed by atoms with E-state index in [-0.39, 0.29) is 12.5 Å². The zero-order chi connectivity index (χ0) is 27.9. The minimum Gasteiger partial charge on any atom is -0.394 e. The van der Waals surface area contributed by atoms with Crippen molar-refractivity contribution in [3.63, 3.8) is 0 Å². The summed E-state index contributed by atoms with van der Waals surface area (Å²) in [6.07, 6.45) is 35.4. The number of aliphatic hydroxyl groups excluding tert-OH is 2. The molecule has 0 radical (unpaired) electrons. The number of nitrogens with one attached hydrogen (secondary N) is 1. The lowest BCUT2D eigenvalue weighted by atomic mass is 10.0. The van der Waals surface area contributed by atoms with Gasteiger partial charge in [0.1, 0.15) is 0 Å². The van der Waals surface area contributed by atoms with Crippen molar-refractivity contribution in [3.05, 3.63) is 12.2 Å². The molecule has 0 aliphatic heterocycles. The normalized spacial score (nSPS) is 13.3. The summed E-state index contributed by atoms with van der Waals surface area (Å²) in [6, 6.07) is -0.550. The molecular formula is C34H67NO3. The molecule has 0 aromatic heterocycles. The maximum atomic E-state index is 12.3. The lowest BCUT2D eigenvalue weighted by molar-refractivity contribution is -0.123. The summed E-state index contributed by atoms with van der Waals surface area (Å²) >= 11 is 0. The molecule has 0 heterocycles. The van der Waals surface area contributed by atoms with Crippen LogP contribution in [0.15, 0.2) is 12.2 Å². The Morgan fingerprint density at radius 1 is 0.605 bits per heavy atom. The fourth-order valence-electron chi connectivity index (χ4n) is 5.12. The Balaban J connectivity index is 3.62. The Hall–Kier alpha value is -0.870. The third-order valence-electron chi connectivity index (χ3n) is 7.78.